The predicted octanol–water partition coefficient (Wildman–Crippen LogP) is 7.59. The number of aliphatic hydroxyl groups is 1. The molecule has 0 aromatic rings. The molecule has 0 aromatic carbocycles. The van der Waals surface area contributed by atoms with Gasteiger partial charge in [0.05, 0.1) is 6.10 Å². The monoisotopic (exact) mass is 537 g/mol. The van der Waals surface area contributed by atoms with Crippen LogP contribution in [-0.2, 0) is 18.8 Å². The zero-order valence-electron chi connectivity index (χ0n) is 22.7. The molecule has 6 nitrogen and oxygen atoms in total. The average Bonchev–Trinajstić information content (AvgIpc) is 2.85. The van der Waals surface area contributed by atoms with Gasteiger partial charge in [-0.3, -0.25) is 0 Å². The van der Waals surface area contributed by atoms with Gasteiger partial charge in [0.25, 0.3) is 0 Å². The number of aliphatic carboxylic acids is 1. The highest BCUT2D eigenvalue weighted by Gasteiger charge is 2.46. The highest BCUT2D eigenvalue weighted by molar-refractivity contribution is 7.99. The molecule has 2 N–H and O–H groups in total. The van der Waals surface area contributed by atoms with Crippen molar-refractivity contribution in [1.29, 1.82) is 0 Å². The van der Waals surface area contributed by atoms with Gasteiger partial charge in [-0.25, -0.2) is 4.79 Å². The number of carboxylic acids is 1. The Labute approximate surface area is 220 Å². The van der Waals surface area contributed by atoms with Crippen molar-refractivity contribution in [3.05, 3.63) is 0 Å². The lowest BCUT2D eigenvalue weighted by Gasteiger charge is -2.24. The van der Waals surface area contributed by atoms with Crippen LogP contribution in [0.15, 0.2) is 0 Å². The van der Waals surface area contributed by atoms with Crippen LogP contribution in [0.2, 0.25) is 0 Å². The van der Waals surface area contributed by atoms with Gasteiger partial charge >= 0.3 is 19.8 Å². The standard InChI is InChI=1S/C27H53O6PS/c1-4-6-8-10-11-12-13-14-15-17-22-35-25(19-16-9-7-5-2)24(3)33-21-18-20-32-23-27(30,34-31)26(28)29/h24-25,30H,4-23H2,1-3H3,(H,28,29)/p+1. The van der Waals surface area contributed by atoms with Gasteiger partial charge in [0.1, 0.15) is 6.61 Å². The van der Waals surface area contributed by atoms with Crippen molar-refractivity contribution in [3.63, 3.8) is 0 Å². The fourth-order valence-electron chi connectivity index (χ4n) is 3.94. The van der Waals surface area contributed by atoms with Crippen LogP contribution in [0.1, 0.15) is 124 Å². The van der Waals surface area contributed by atoms with E-state index in [9.17, 15) is 14.5 Å². The first-order valence-electron chi connectivity index (χ1n) is 14.1. The molecule has 0 bridgehead atoms. The van der Waals surface area contributed by atoms with Gasteiger partial charge in [-0.05, 0) is 31.9 Å². The molecule has 0 saturated heterocycles. The van der Waals surface area contributed by atoms with Gasteiger partial charge in [-0.1, -0.05) is 102 Å². The minimum absolute atomic E-state index is 0.156. The summed E-state index contributed by atoms with van der Waals surface area (Å²) in [6.07, 6.45) is 20.6. The summed E-state index contributed by atoms with van der Waals surface area (Å²) in [5, 5.41) is 16.8. The summed E-state index contributed by atoms with van der Waals surface area (Å²) in [7, 11) is -1.37. The van der Waals surface area contributed by atoms with Gasteiger partial charge in [0, 0.05) is 18.5 Å². The van der Waals surface area contributed by atoms with Gasteiger partial charge in [0.15, 0.2) is 0 Å². The summed E-state index contributed by atoms with van der Waals surface area (Å²) in [6, 6.07) is 0. The molecule has 0 fully saturated rings. The molecule has 35 heavy (non-hydrogen) atoms. The van der Waals surface area contributed by atoms with Crippen LogP contribution in [0.3, 0.4) is 0 Å². The molecular formula is C27H54O6PS+. The molecule has 0 heterocycles. The molecule has 4 unspecified atom stereocenters. The fraction of sp³-hybridized carbons (Fsp3) is 0.963. The van der Waals surface area contributed by atoms with Crippen molar-refractivity contribution in [3.8, 4) is 0 Å². The number of hydrogen-bond acceptors (Lipinski definition) is 6. The second kappa shape index (κ2) is 24.2. The Hall–Kier alpha value is -0.200. The Bertz CT molecular complexity index is 510. The van der Waals surface area contributed by atoms with Crippen molar-refractivity contribution in [2.75, 3.05) is 25.6 Å². The lowest BCUT2D eigenvalue weighted by Crippen LogP contribution is -2.37. The third kappa shape index (κ3) is 19.6. The van der Waals surface area contributed by atoms with Crippen LogP contribution >= 0.6 is 20.2 Å². The van der Waals surface area contributed by atoms with E-state index in [2.05, 4.69) is 32.5 Å². The minimum Gasteiger partial charge on any atom is -0.476 e. The minimum atomic E-state index is -2.32. The number of carboxylic acid groups (broad SMARTS) is 1. The third-order valence-electron chi connectivity index (χ3n) is 6.34. The average molecular weight is 538 g/mol. The van der Waals surface area contributed by atoms with E-state index in [1.165, 1.54) is 102 Å². The maximum absolute atomic E-state index is 10.9. The van der Waals surface area contributed by atoms with Gasteiger partial charge in [-0.2, -0.15) is 11.8 Å². The molecule has 0 saturated carbocycles. The molecule has 0 aliphatic carbocycles. The van der Waals surface area contributed by atoms with Gasteiger partial charge in [0.2, 0.25) is 0 Å². The zero-order chi connectivity index (χ0) is 26.2. The Morgan fingerprint density at radius 2 is 1.40 bits per heavy atom. The largest absolute Gasteiger partial charge is 0.476 e. The Kier molecular flexibility index (Phi) is 24.0. The van der Waals surface area contributed by atoms with Crippen LogP contribution < -0.4 is 0 Å². The lowest BCUT2D eigenvalue weighted by atomic mass is 10.1. The normalized spacial score (nSPS) is 15.2. The summed E-state index contributed by atoms with van der Waals surface area (Å²) in [5.41, 5.74) is 0. The molecular weight excluding hydrogens is 483 g/mol. The highest BCUT2D eigenvalue weighted by atomic mass is 32.2. The lowest BCUT2D eigenvalue weighted by molar-refractivity contribution is -0.154. The summed E-state index contributed by atoms with van der Waals surface area (Å²) in [4.78, 5) is 10.9. The van der Waals surface area contributed by atoms with E-state index in [1.54, 1.807) is 0 Å². The smallest absolute Gasteiger partial charge is 0.390 e. The zero-order valence-corrected chi connectivity index (χ0v) is 24.5. The molecule has 0 aliphatic heterocycles. The SMILES string of the molecule is CCCCCCCCCCCCSC(CCCCCC)C(C)OCCCOCC(O)([PH+]=O)C(=O)O. The molecule has 0 aromatic heterocycles. The number of carbonyl (C=O) groups is 1. The highest BCUT2D eigenvalue weighted by Crippen LogP contribution is 2.25. The van der Waals surface area contributed by atoms with E-state index in [-0.39, 0.29) is 12.7 Å². The first-order valence-corrected chi connectivity index (χ1v) is 16.0. The van der Waals surface area contributed by atoms with Gasteiger partial charge < -0.3 is 19.7 Å². The number of hydrogen-bond donors (Lipinski definition) is 2. The second-order valence-electron chi connectivity index (χ2n) is 9.69. The molecule has 208 valence electrons. The van der Waals surface area contributed by atoms with Crippen LogP contribution in [0, 0.1) is 0 Å². The molecule has 0 spiro atoms. The Morgan fingerprint density at radius 3 is 1.94 bits per heavy atom. The van der Waals surface area contributed by atoms with Gasteiger partial charge in [-0.15, -0.1) is 0 Å². The maximum atomic E-state index is 10.9. The predicted molar refractivity (Wildman–Crippen MR) is 149 cm³/mol. The molecule has 8 heteroatoms. The summed E-state index contributed by atoms with van der Waals surface area (Å²) in [5.74, 6) is -0.337. The van der Waals surface area contributed by atoms with E-state index >= 15 is 0 Å². The van der Waals surface area contributed by atoms with Crippen LogP contribution in [0.5, 0.6) is 0 Å². The van der Waals surface area contributed by atoms with Crippen molar-refractivity contribution in [2.24, 2.45) is 0 Å². The van der Waals surface area contributed by atoms with Crippen molar-refractivity contribution in [2.45, 2.75) is 140 Å². The summed E-state index contributed by atoms with van der Waals surface area (Å²) >= 11 is 2.05. The van der Waals surface area contributed by atoms with Crippen LogP contribution in [0.4, 0.5) is 0 Å². The van der Waals surface area contributed by atoms with E-state index in [0.29, 0.717) is 18.3 Å². The molecule has 4 atom stereocenters. The Balaban J connectivity index is 4.09. The second-order valence-corrected chi connectivity index (χ2v) is 12.1. The van der Waals surface area contributed by atoms with E-state index in [0.717, 1.165) is 0 Å². The first-order chi connectivity index (χ1) is 16.9. The Morgan fingerprint density at radius 1 is 0.857 bits per heavy atom. The summed E-state index contributed by atoms with van der Waals surface area (Å²) in [6.45, 7) is 6.96. The first kappa shape index (κ1) is 34.8. The number of rotatable bonds is 27. The maximum Gasteiger partial charge on any atom is 0.390 e. The van der Waals surface area contributed by atoms with Crippen molar-refractivity contribution < 1.29 is 29.0 Å². The number of thioether (sulfide) groups is 1. The van der Waals surface area contributed by atoms with E-state index in [1.807, 2.05) is 0 Å². The molecule has 0 rings (SSSR count). The number of ether oxygens (including phenoxy) is 2. The van der Waals surface area contributed by atoms with E-state index < -0.39 is 26.4 Å². The molecule has 0 amide bonds. The van der Waals surface area contributed by atoms with E-state index in [4.69, 9.17) is 14.6 Å². The van der Waals surface area contributed by atoms with Crippen LogP contribution in [0.25, 0.3) is 0 Å². The van der Waals surface area contributed by atoms with Crippen LogP contribution in [-0.4, -0.2) is 58.5 Å². The van der Waals surface area contributed by atoms with Crippen molar-refractivity contribution >= 4 is 26.2 Å². The quantitative estimate of drug-likeness (QED) is 0.0823. The van der Waals surface area contributed by atoms with Crippen molar-refractivity contribution in [1.82, 2.24) is 0 Å². The third-order valence-corrected chi connectivity index (χ3v) is 8.61. The molecule has 0 radical (unpaired) electrons. The summed E-state index contributed by atoms with van der Waals surface area (Å²) < 4.78 is 22.2. The molecule has 0 aliphatic rings. The topological polar surface area (TPSA) is 93.1 Å². The number of unbranched alkanes of at least 4 members (excludes halogenated alkanes) is 12. The fourth-order valence-corrected chi connectivity index (χ4v) is 5.55.